The molecular formula is C16H29NO. The Hall–Kier alpha value is -0.630. The summed E-state index contributed by atoms with van der Waals surface area (Å²) in [5.74, 6) is 2.28. The molecule has 1 aliphatic rings. The van der Waals surface area contributed by atoms with E-state index in [4.69, 9.17) is 0 Å². The second-order valence-corrected chi connectivity index (χ2v) is 6.37. The maximum atomic E-state index is 12.3. The molecule has 0 N–H and O–H groups in total. The summed E-state index contributed by atoms with van der Waals surface area (Å²) in [4.78, 5) is 14.4. The van der Waals surface area contributed by atoms with E-state index in [9.17, 15) is 4.79 Å². The van der Waals surface area contributed by atoms with Gasteiger partial charge in [0.15, 0.2) is 5.78 Å². The van der Waals surface area contributed by atoms with Gasteiger partial charge in [0.25, 0.3) is 0 Å². The van der Waals surface area contributed by atoms with Crippen LogP contribution < -0.4 is 0 Å². The standard InChI is InChI=1S/C16H29NO/c1-12(2)14-6-8-15(9-7-14)16(18)13(3)10-11-17(4)5/h10,12,14-15H,6-9,11H2,1-5H3/b13-10+. The van der Waals surface area contributed by atoms with E-state index in [1.165, 1.54) is 12.8 Å². The highest BCUT2D eigenvalue weighted by molar-refractivity contribution is 5.96. The van der Waals surface area contributed by atoms with Crippen LogP contribution in [0, 0.1) is 17.8 Å². The molecule has 0 amide bonds. The van der Waals surface area contributed by atoms with Crippen LogP contribution in [0.15, 0.2) is 11.6 Å². The van der Waals surface area contributed by atoms with Gasteiger partial charge >= 0.3 is 0 Å². The summed E-state index contributed by atoms with van der Waals surface area (Å²) < 4.78 is 0. The number of carbonyl (C=O) groups is 1. The minimum atomic E-state index is 0.290. The van der Waals surface area contributed by atoms with Crippen LogP contribution in [0.4, 0.5) is 0 Å². The molecule has 2 heteroatoms. The van der Waals surface area contributed by atoms with E-state index < -0.39 is 0 Å². The predicted molar refractivity (Wildman–Crippen MR) is 77.6 cm³/mol. The van der Waals surface area contributed by atoms with Crippen LogP contribution in [0.2, 0.25) is 0 Å². The number of carbonyl (C=O) groups excluding carboxylic acids is 1. The Balaban J connectivity index is 2.47. The van der Waals surface area contributed by atoms with Crippen LogP contribution in [0.3, 0.4) is 0 Å². The van der Waals surface area contributed by atoms with Crippen molar-refractivity contribution in [2.75, 3.05) is 20.6 Å². The lowest BCUT2D eigenvalue weighted by molar-refractivity contribution is -0.120. The van der Waals surface area contributed by atoms with Crippen molar-refractivity contribution >= 4 is 5.78 Å². The molecular weight excluding hydrogens is 222 g/mol. The highest BCUT2D eigenvalue weighted by Crippen LogP contribution is 2.34. The molecule has 0 atom stereocenters. The van der Waals surface area contributed by atoms with Crippen LogP contribution in [-0.2, 0) is 4.79 Å². The maximum absolute atomic E-state index is 12.3. The second-order valence-electron chi connectivity index (χ2n) is 6.37. The van der Waals surface area contributed by atoms with Crippen molar-refractivity contribution in [2.45, 2.75) is 46.5 Å². The molecule has 1 fully saturated rings. The van der Waals surface area contributed by atoms with Gasteiger partial charge in [-0.05, 0) is 64.1 Å². The normalized spacial score (nSPS) is 25.8. The van der Waals surface area contributed by atoms with Crippen molar-refractivity contribution in [3.63, 3.8) is 0 Å². The molecule has 0 saturated heterocycles. The number of nitrogens with zero attached hydrogens (tertiary/aromatic N) is 1. The number of ketones is 1. The molecule has 0 unspecified atom stereocenters. The average Bonchev–Trinajstić information content (AvgIpc) is 2.35. The van der Waals surface area contributed by atoms with Crippen molar-refractivity contribution in [2.24, 2.45) is 17.8 Å². The smallest absolute Gasteiger partial charge is 0.161 e. The molecule has 2 nitrogen and oxygen atoms in total. The number of rotatable bonds is 5. The summed E-state index contributed by atoms with van der Waals surface area (Å²) in [5.41, 5.74) is 0.955. The SMILES string of the molecule is C/C(=C\CN(C)C)C(=O)C1CCC(C(C)C)CC1. The van der Waals surface area contributed by atoms with Gasteiger partial charge in [0, 0.05) is 12.5 Å². The molecule has 0 bridgehead atoms. The molecule has 1 rings (SSSR count). The first-order chi connectivity index (χ1) is 8.41. The Morgan fingerprint density at radius 3 is 2.22 bits per heavy atom. The maximum Gasteiger partial charge on any atom is 0.161 e. The van der Waals surface area contributed by atoms with Crippen molar-refractivity contribution in [1.82, 2.24) is 4.90 Å². The third-order valence-corrected chi connectivity index (χ3v) is 4.24. The predicted octanol–water partition coefficient (Wildman–Crippen LogP) is 3.53. The minimum absolute atomic E-state index is 0.290. The summed E-state index contributed by atoms with van der Waals surface area (Å²) in [7, 11) is 4.06. The monoisotopic (exact) mass is 251 g/mol. The Bertz CT molecular complexity index is 296. The molecule has 104 valence electrons. The zero-order valence-corrected chi connectivity index (χ0v) is 12.7. The van der Waals surface area contributed by atoms with Gasteiger partial charge in [-0.3, -0.25) is 4.79 Å². The number of Topliss-reactive ketones (excluding diaryl/α,β-unsaturated/α-hetero) is 1. The lowest BCUT2D eigenvalue weighted by Crippen LogP contribution is -2.25. The summed E-state index contributed by atoms with van der Waals surface area (Å²) in [6.07, 6.45) is 6.71. The Morgan fingerprint density at radius 1 is 1.22 bits per heavy atom. The zero-order chi connectivity index (χ0) is 13.7. The van der Waals surface area contributed by atoms with E-state index in [2.05, 4.69) is 24.8 Å². The lowest BCUT2D eigenvalue weighted by Gasteiger charge is -2.30. The molecule has 0 radical (unpaired) electrons. The first kappa shape index (κ1) is 15.4. The van der Waals surface area contributed by atoms with E-state index in [0.717, 1.165) is 36.8 Å². The van der Waals surface area contributed by atoms with Crippen LogP contribution in [-0.4, -0.2) is 31.3 Å². The van der Waals surface area contributed by atoms with Crippen LogP contribution >= 0.6 is 0 Å². The number of hydrogen-bond acceptors (Lipinski definition) is 2. The van der Waals surface area contributed by atoms with Gasteiger partial charge in [-0.25, -0.2) is 0 Å². The number of allylic oxidation sites excluding steroid dienone is 1. The van der Waals surface area contributed by atoms with E-state index in [1.54, 1.807) is 0 Å². The molecule has 18 heavy (non-hydrogen) atoms. The van der Waals surface area contributed by atoms with Gasteiger partial charge in [0.2, 0.25) is 0 Å². The fourth-order valence-corrected chi connectivity index (χ4v) is 2.79. The first-order valence-corrected chi connectivity index (χ1v) is 7.27. The van der Waals surface area contributed by atoms with Gasteiger partial charge in [-0.15, -0.1) is 0 Å². The minimum Gasteiger partial charge on any atom is -0.306 e. The van der Waals surface area contributed by atoms with Gasteiger partial charge < -0.3 is 4.90 Å². The molecule has 0 aromatic carbocycles. The second kappa shape index (κ2) is 7.08. The summed E-state index contributed by atoms with van der Waals surface area (Å²) >= 11 is 0. The van der Waals surface area contributed by atoms with E-state index >= 15 is 0 Å². The summed E-state index contributed by atoms with van der Waals surface area (Å²) in [6, 6.07) is 0. The fraction of sp³-hybridized carbons (Fsp3) is 0.812. The van der Waals surface area contributed by atoms with Gasteiger partial charge in [-0.1, -0.05) is 19.9 Å². The molecule has 0 heterocycles. The van der Waals surface area contributed by atoms with E-state index in [-0.39, 0.29) is 0 Å². The molecule has 0 aliphatic heterocycles. The molecule has 0 aromatic rings. The molecule has 0 spiro atoms. The van der Waals surface area contributed by atoms with Crippen molar-refractivity contribution in [3.05, 3.63) is 11.6 Å². The van der Waals surface area contributed by atoms with Crippen LogP contribution in [0.25, 0.3) is 0 Å². The largest absolute Gasteiger partial charge is 0.306 e. The van der Waals surface area contributed by atoms with Crippen molar-refractivity contribution < 1.29 is 4.79 Å². The van der Waals surface area contributed by atoms with Gasteiger partial charge in [0.1, 0.15) is 0 Å². The fourth-order valence-electron chi connectivity index (χ4n) is 2.79. The third-order valence-electron chi connectivity index (χ3n) is 4.24. The highest BCUT2D eigenvalue weighted by Gasteiger charge is 2.27. The summed E-state index contributed by atoms with van der Waals surface area (Å²) in [6.45, 7) is 7.43. The van der Waals surface area contributed by atoms with Crippen LogP contribution in [0.5, 0.6) is 0 Å². The average molecular weight is 251 g/mol. The van der Waals surface area contributed by atoms with E-state index in [1.807, 2.05) is 21.0 Å². The third kappa shape index (κ3) is 4.56. The van der Waals surface area contributed by atoms with E-state index in [0.29, 0.717) is 11.7 Å². The summed E-state index contributed by atoms with van der Waals surface area (Å²) in [5, 5.41) is 0. The first-order valence-electron chi connectivity index (χ1n) is 7.27. The Kier molecular flexibility index (Phi) is 6.07. The zero-order valence-electron chi connectivity index (χ0n) is 12.7. The van der Waals surface area contributed by atoms with Crippen molar-refractivity contribution in [1.29, 1.82) is 0 Å². The Labute approximate surface area is 112 Å². The van der Waals surface area contributed by atoms with Crippen molar-refractivity contribution in [3.8, 4) is 0 Å². The molecule has 0 aromatic heterocycles. The molecule has 1 saturated carbocycles. The quantitative estimate of drug-likeness (QED) is 0.697. The number of likely N-dealkylation sites (N-methyl/N-ethyl adjacent to an activating group) is 1. The molecule has 1 aliphatic carbocycles. The highest BCUT2D eigenvalue weighted by atomic mass is 16.1. The number of hydrogen-bond donors (Lipinski definition) is 0. The van der Waals surface area contributed by atoms with Crippen LogP contribution in [0.1, 0.15) is 46.5 Å². The lowest BCUT2D eigenvalue weighted by atomic mass is 9.75. The van der Waals surface area contributed by atoms with Gasteiger partial charge in [-0.2, -0.15) is 0 Å². The Morgan fingerprint density at radius 2 is 1.78 bits per heavy atom. The van der Waals surface area contributed by atoms with Gasteiger partial charge in [0.05, 0.1) is 0 Å². The topological polar surface area (TPSA) is 20.3 Å².